The molecule has 0 aliphatic heterocycles. The van der Waals surface area contributed by atoms with Crippen LogP contribution in [0.2, 0.25) is 0 Å². The van der Waals surface area contributed by atoms with Crippen LogP contribution >= 0.6 is 0 Å². The highest BCUT2D eigenvalue weighted by Gasteiger charge is 2.23. The zero-order chi connectivity index (χ0) is 20.9. The molecule has 0 amide bonds. The summed E-state index contributed by atoms with van der Waals surface area (Å²) in [6.07, 6.45) is 0. The normalized spacial score (nSPS) is 11.1. The van der Waals surface area contributed by atoms with E-state index in [9.17, 15) is 34.7 Å². The van der Waals surface area contributed by atoms with Crippen LogP contribution < -0.4 is 5.43 Å². The van der Waals surface area contributed by atoms with Crippen LogP contribution in [-0.4, -0.2) is 25.5 Å². The van der Waals surface area contributed by atoms with Crippen LogP contribution in [0.15, 0.2) is 57.7 Å². The molecule has 7 nitrogen and oxygen atoms in total. The largest absolute Gasteiger partial charge is 0.507 e. The summed E-state index contributed by atoms with van der Waals surface area (Å²) in [6, 6.07) is 9.40. The lowest BCUT2D eigenvalue weighted by atomic mass is 10.00. The second-order valence-corrected chi connectivity index (χ2v) is 6.31. The van der Waals surface area contributed by atoms with Gasteiger partial charge in [0.1, 0.15) is 22.7 Å². The Morgan fingerprint density at radius 3 is 2.03 bits per heavy atom. The third kappa shape index (κ3) is 2.87. The standard InChI is InChI=1S/C21H13FO7/c22-11-4-1-9(2-5-11)16-14(25)8-15(26)17-18(27)19(28)20(29-21(16)17)10-3-6-12(23)13(24)7-10/h1-8,23-26,28H. The van der Waals surface area contributed by atoms with Crippen molar-refractivity contribution in [3.05, 3.63) is 64.6 Å². The molecule has 0 saturated heterocycles. The van der Waals surface area contributed by atoms with E-state index in [-0.39, 0.29) is 27.9 Å². The maximum absolute atomic E-state index is 13.3. The van der Waals surface area contributed by atoms with Crippen molar-refractivity contribution in [3.8, 4) is 51.2 Å². The number of hydrogen-bond acceptors (Lipinski definition) is 7. The van der Waals surface area contributed by atoms with Crippen LogP contribution in [0, 0.1) is 5.82 Å². The molecule has 0 radical (unpaired) electrons. The van der Waals surface area contributed by atoms with Crippen molar-refractivity contribution in [1.82, 2.24) is 0 Å². The van der Waals surface area contributed by atoms with Crippen molar-refractivity contribution in [3.63, 3.8) is 0 Å². The Kier molecular flexibility index (Phi) is 4.04. The molecule has 0 bridgehead atoms. The van der Waals surface area contributed by atoms with Crippen LogP contribution in [0.1, 0.15) is 0 Å². The molecule has 0 unspecified atom stereocenters. The molecule has 0 aliphatic carbocycles. The summed E-state index contributed by atoms with van der Waals surface area (Å²) in [5.74, 6) is -3.70. The molecule has 0 aliphatic rings. The minimum Gasteiger partial charge on any atom is -0.507 e. The van der Waals surface area contributed by atoms with Crippen molar-refractivity contribution in [2.24, 2.45) is 0 Å². The molecule has 0 fully saturated rings. The Labute approximate surface area is 161 Å². The van der Waals surface area contributed by atoms with Gasteiger partial charge in [-0.15, -0.1) is 0 Å². The van der Waals surface area contributed by atoms with Crippen molar-refractivity contribution >= 4 is 11.0 Å². The first-order chi connectivity index (χ1) is 13.8. The maximum atomic E-state index is 13.3. The number of hydrogen-bond donors (Lipinski definition) is 5. The predicted molar refractivity (Wildman–Crippen MR) is 102 cm³/mol. The van der Waals surface area contributed by atoms with E-state index in [1.54, 1.807) is 0 Å². The molecule has 1 aromatic heterocycles. The number of rotatable bonds is 2. The molecule has 4 rings (SSSR count). The molecule has 8 heteroatoms. The van der Waals surface area contributed by atoms with Gasteiger partial charge < -0.3 is 29.9 Å². The zero-order valence-corrected chi connectivity index (χ0v) is 14.5. The molecule has 3 aromatic carbocycles. The predicted octanol–water partition coefficient (Wildman–Crippen LogP) is 3.79. The number of fused-ring (bicyclic) bond motifs is 1. The number of phenols is 4. The Morgan fingerprint density at radius 2 is 1.38 bits per heavy atom. The summed E-state index contributed by atoms with van der Waals surface area (Å²) in [7, 11) is 0. The third-order valence-corrected chi connectivity index (χ3v) is 4.47. The average molecular weight is 396 g/mol. The first kappa shape index (κ1) is 18.2. The second kappa shape index (κ2) is 6.45. The van der Waals surface area contributed by atoms with Gasteiger partial charge in [-0.1, -0.05) is 12.1 Å². The van der Waals surface area contributed by atoms with Gasteiger partial charge in [0.25, 0.3) is 0 Å². The smallest absolute Gasteiger partial charge is 0.238 e. The van der Waals surface area contributed by atoms with Crippen LogP contribution in [0.3, 0.4) is 0 Å². The van der Waals surface area contributed by atoms with Crippen LogP contribution in [0.4, 0.5) is 4.39 Å². The van der Waals surface area contributed by atoms with Crippen LogP contribution in [-0.2, 0) is 0 Å². The fraction of sp³-hybridized carbons (Fsp3) is 0. The first-order valence-electron chi connectivity index (χ1n) is 8.31. The number of halogens is 1. The minimum absolute atomic E-state index is 0.000787. The van der Waals surface area contributed by atoms with Crippen molar-refractivity contribution in [2.45, 2.75) is 0 Å². The average Bonchev–Trinajstić information content (AvgIpc) is 2.67. The Morgan fingerprint density at radius 1 is 0.724 bits per heavy atom. The van der Waals surface area contributed by atoms with E-state index in [1.807, 2.05) is 0 Å². The van der Waals surface area contributed by atoms with Gasteiger partial charge in [0.15, 0.2) is 22.8 Å². The number of aromatic hydroxyl groups is 5. The lowest BCUT2D eigenvalue weighted by Gasteiger charge is -2.13. The van der Waals surface area contributed by atoms with Crippen LogP contribution in [0.5, 0.6) is 28.7 Å². The van der Waals surface area contributed by atoms with Gasteiger partial charge in [-0.2, -0.15) is 0 Å². The highest BCUT2D eigenvalue weighted by Crippen LogP contribution is 2.43. The molecule has 0 saturated carbocycles. The monoisotopic (exact) mass is 396 g/mol. The summed E-state index contributed by atoms with van der Waals surface area (Å²) in [5.41, 5.74) is -0.875. The minimum atomic E-state index is -0.977. The molecule has 1 heterocycles. The Balaban J connectivity index is 2.12. The lowest BCUT2D eigenvalue weighted by Crippen LogP contribution is -2.04. The highest BCUT2D eigenvalue weighted by atomic mass is 19.1. The van der Waals surface area contributed by atoms with E-state index in [2.05, 4.69) is 0 Å². The van der Waals surface area contributed by atoms with Gasteiger partial charge in [0.2, 0.25) is 11.2 Å². The highest BCUT2D eigenvalue weighted by molar-refractivity contribution is 6.00. The maximum Gasteiger partial charge on any atom is 0.238 e. The van der Waals surface area contributed by atoms with Crippen LogP contribution in [0.25, 0.3) is 33.4 Å². The Hall–Kier alpha value is -4.20. The van der Waals surface area contributed by atoms with Gasteiger partial charge in [-0.25, -0.2) is 4.39 Å². The molecular weight excluding hydrogens is 383 g/mol. The molecule has 146 valence electrons. The van der Waals surface area contributed by atoms with Crippen molar-refractivity contribution < 1.29 is 34.3 Å². The molecule has 5 N–H and O–H groups in total. The SMILES string of the molecule is O=c1c(O)c(-c2ccc(O)c(O)c2)oc2c(-c3ccc(F)cc3)c(O)cc(O)c12. The molecule has 4 aromatic rings. The molecule has 0 atom stereocenters. The van der Waals surface area contributed by atoms with E-state index in [0.717, 1.165) is 30.3 Å². The third-order valence-electron chi connectivity index (χ3n) is 4.47. The summed E-state index contributed by atoms with van der Waals surface area (Å²) in [4.78, 5) is 12.7. The van der Waals surface area contributed by atoms with E-state index >= 15 is 0 Å². The molecule has 29 heavy (non-hydrogen) atoms. The molecular formula is C21H13FO7. The number of benzene rings is 3. The first-order valence-corrected chi connectivity index (χ1v) is 8.31. The quantitative estimate of drug-likeness (QED) is 0.326. The van der Waals surface area contributed by atoms with E-state index in [0.29, 0.717) is 5.56 Å². The van der Waals surface area contributed by atoms with Crippen molar-refractivity contribution in [2.75, 3.05) is 0 Å². The topological polar surface area (TPSA) is 131 Å². The van der Waals surface area contributed by atoms with E-state index in [4.69, 9.17) is 4.42 Å². The fourth-order valence-corrected chi connectivity index (χ4v) is 3.08. The second-order valence-electron chi connectivity index (χ2n) is 6.31. The summed E-state index contributed by atoms with van der Waals surface area (Å²) in [5, 5.41) is 49.6. The van der Waals surface area contributed by atoms with Gasteiger partial charge in [0.05, 0.1) is 5.56 Å². The van der Waals surface area contributed by atoms with Gasteiger partial charge >= 0.3 is 0 Å². The van der Waals surface area contributed by atoms with E-state index < -0.39 is 40.0 Å². The summed E-state index contributed by atoms with van der Waals surface area (Å²) in [6.45, 7) is 0. The number of phenolic OH excluding ortho intramolecular Hbond substituents is 4. The van der Waals surface area contributed by atoms with Crippen molar-refractivity contribution in [1.29, 1.82) is 0 Å². The lowest BCUT2D eigenvalue weighted by molar-refractivity contribution is 0.403. The van der Waals surface area contributed by atoms with Gasteiger partial charge in [0, 0.05) is 11.6 Å². The molecule has 0 spiro atoms. The summed E-state index contributed by atoms with van der Waals surface area (Å²) >= 11 is 0. The van der Waals surface area contributed by atoms with E-state index in [1.165, 1.54) is 18.2 Å². The Bertz CT molecular complexity index is 1320. The summed E-state index contributed by atoms with van der Waals surface area (Å²) < 4.78 is 19.0. The van der Waals surface area contributed by atoms with Gasteiger partial charge in [-0.3, -0.25) is 4.79 Å². The zero-order valence-electron chi connectivity index (χ0n) is 14.5. The van der Waals surface area contributed by atoms with Gasteiger partial charge in [-0.05, 0) is 35.9 Å². The fourth-order valence-electron chi connectivity index (χ4n) is 3.08.